The van der Waals surface area contributed by atoms with E-state index >= 15 is 0 Å². The third-order valence-electron chi connectivity index (χ3n) is 4.40. The monoisotopic (exact) mass is 273 g/mol. The maximum absolute atomic E-state index is 6.38. The zero-order valence-corrected chi connectivity index (χ0v) is 14.0. The van der Waals surface area contributed by atoms with Gasteiger partial charge in [-0.15, -0.1) is 0 Å². The van der Waals surface area contributed by atoms with Crippen molar-refractivity contribution in [3.05, 3.63) is 0 Å². The molecule has 0 aromatic carbocycles. The van der Waals surface area contributed by atoms with Crippen LogP contribution in [0.3, 0.4) is 0 Å². The lowest BCUT2D eigenvalue weighted by Gasteiger charge is -2.30. The Hall–Kier alpha value is 0.310. The van der Waals surface area contributed by atoms with Crippen LogP contribution >= 0.6 is 12.6 Å². The summed E-state index contributed by atoms with van der Waals surface area (Å²) in [6.45, 7) is 11.6. The van der Waals surface area contributed by atoms with Crippen LogP contribution < -0.4 is 5.73 Å². The minimum absolute atomic E-state index is 0.357. The Labute approximate surface area is 121 Å². The van der Waals surface area contributed by atoms with E-state index in [9.17, 15) is 0 Å². The average Bonchev–Trinajstić information content (AvgIpc) is 2.34. The topological polar surface area (TPSA) is 26.0 Å². The molecular formula is C16H35NS. The molecule has 0 saturated carbocycles. The fourth-order valence-corrected chi connectivity index (χ4v) is 3.36. The van der Waals surface area contributed by atoms with Gasteiger partial charge in [-0.25, -0.2) is 0 Å². The minimum Gasteiger partial charge on any atom is -0.328 e. The van der Waals surface area contributed by atoms with Crippen LogP contribution in [0.2, 0.25) is 0 Å². The number of thiol groups is 1. The zero-order chi connectivity index (χ0) is 14.1. The maximum atomic E-state index is 6.38. The van der Waals surface area contributed by atoms with Gasteiger partial charge in [-0.1, -0.05) is 47.5 Å². The summed E-state index contributed by atoms with van der Waals surface area (Å²) in [7, 11) is 0. The third kappa shape index (κ3) is 7.04. The first kappa shape index (κ1) is 18.3. The molecule has 2 heteroatoms. The Balaban J connectivity index is 4.27. The Morgan fingerprint density at radius 2 is 1.67 bits per heavy atom. The SMILES string of the molecule is CCCC(CS)CC(N)CC(C(C)C)C(C)CC. The zero-order valence-electron chi connectivity index (χ0n) is 13.2. The first-order valence-corrected chi connectivity index (χ1v) is 8.45. The smallest absolute Gasteiger partial charge is 0.00445 e. The normalized spacial score (nSPS) is 18.7. The molecule has 0 fully saturated rings. The van der Waals surface area contributed by atoms with Crippen molar-refractivity contribution >= 4 is 12.6 Å². The van der Waals surface area contributed by atoms with Crippen LogP contribution in [0.4, 0.5) is 0 Å². The van der Waals surface area contributed by atoms with Gasteiger partial charge in [0.05, 0.1) is 0 Å². The highest BCUT2D eigenvalue weighted by Crippen LogP contribution is 2.29. The van der Waals surface area contributed by atoms with E-state index in [0.717, 1.165) is 29.9 Å². The molecule has 0 heterocycles. The Bertz CT molecular complexity index is 194. The first-order chi connectivity index (χ1) is 8.46. The molecule has 0 amide bonds. The van der Waals surface area contributed by atoms with Crippen LogP contribution in [0, 0.1) is 23.7 Å². The number of hydrogen-bond acceptors (Lipinski definition) is 2. The molecule has 0 radical (unpaired) electrons. The van der Waals surface area contributed by atoms with E-state index < -0.39 is 0 Å². The van der Waals surface area contributed by atoms with Gasteiger partial charge in [0.15, 0.2) is 0 Å². The summed E-state index contributed by atoms with van der Waals surface area (Å²) in [5.41, 5.74) is 6.38. The number of rotatable bonds is 10. The molecule has 110 valence electrons. The van der Waals surface area contributed by atoms with Crippen molar-refractivity contribution in [2.24, 2.45) is 29.4 Å². The van der Waals surface area contributed by atoms with Gasteiger partial charge in [0.25, 0.3) is 0 Å². The highest BCUT2D eigenvalue weighted by Gasteiger charge is 2.23. The average molecular weight is 274 g/mol. The second-order valence-corrected chi connectivity index (χ2v) is 6.73. The molecule has 0 saturated heterocycles. The molecule has 0 aromatic heterocycles. The molecule has 0 bridgehead atoms. The van der Waals surface area contributed by atoms with Crippen LogP contribution in [0.25, 0.3) is 0 Å². The van der Waals surface area contributed by atoms with Crippen LogP contribution in [-0.4, -0.2) is 11.8 Å². The van der Waals surface area contributed by atoms with Gasteiger partial charge >= 0.3 is 0 Å². The Morgan fingerprint density at radius 3 is 2.06 bits per heavy atom. The first-order valence-electron chi connectivity index (χ1n) is 7.82. The lowest BCUT2D eigenvalue weighted by atomic mass is 9.77. The fourth-order valence-electron chi connectivity index (χ4n) is 3.03. The summed E-state index contributed by atoms with van der Waals surface area (Å²) in [4.78, 5) is 0. The maximum Gasteiger partial charge on any atom is 0.00445 e. The van der Waals surface area contributed by atoms with Gasteiger partial charge in [0.2, 0.25) is 0 Å². The highest BCUT2D eigenvalue weighted by atomic mass is 32.1. The lowest BCUT2D eigenvalue weighted by molar-refractivity contribution is 0.222. The van der Waals surface area contributed by atoms with E-state index in [1.807, 2.05) is 0 Å². The molecule has 0 aliphatic heterocycles. The van der Waals surface area contributed by atoms with Crippen LogP contribution in [-0.2, 0) is 0 Å². The minimum atomic E-state index is 0.357. The van der Waals surface area contributed by atoms with Crippen LogP contribution in [0.1, 0.15) is 66.7 Å². The van der Waals surface area contributed by atoms with E-state index in [1.54, 1.807) is 0 Å². The van der Waals surface area contributed by atoms with Gasteiger partial charge in [-0.3, -0.25) is 0 Å². The van der Waals surface area contributed by atoms with E-state index in [4.69, 9.17) is 5.73 Å². The molecule has 0 aliphatic rings. The van der Waals surface area contributed by atoms with Gasteiger partial charge < -0.3 is 5.73 Å². The molecule has 4 unspecified atom stereocenters. The van der Waals surface area contributed by atoms with Crippen LogP contribution in [0.15, 0.2) is 0 Å². The summed E-state index contributed by atoms with van der Waals surface area (Å²) in [5, 5.41) is 0. The van der Waals surface area contributed by atoms with Gasteiger partial charge in [0, 0.05) is 6.04 Å². The van der Waals surface area contributed by atoms with Crippen molar-refractivity contribution in [1.82, 2.24) is 0 Å². The van der Waals surface area contributed by atoms with E-state index in [2.05, 4.69) is 47.2 Å². The molecule has 1 nitrogen and oxygen atoms in total. The number of hydrogen-bond donors (Lipinski definition) is 2. The molecule has 18 heavy (non-hydrogen) atoms. The molecule has 4 atom stereocenters. The predicted octanol–water partition coefficient (Wildman–Crippen LogP) is 4.76. The molecule has 0 rings (SSSR count). The summed E-state index contributed by atoms with van der Waals surface area (Å²) >= 11 is 4.46. The van der Waals surface area contributed by atoms with Crippen molar-refractivity contribution in [2.45, 2.75) is 72.8 Å². The quantitative estimate of drug-likeness (QED) is 0.552. The van der Waals surface area contributed by atoms with Gasteiger partial charge in [0.1, 0.15) is 0 Å². The van der Waals surface area contributed by atoms with Crippen LogP contribution in [0.5, 0.6) is 0 Å². The fraction of sp³-hybridized carbons (Fsp3) is 1.00. The molecule has 0 spiro atoms. The molecule has 0 aliphatic carbocycles. The Morgan fingerprint density at radius 1 is 1.06 bits per heavy atom. The van der Waals surface area contributed by atoms with Crippen molar-refractivity contribution in [2.75, 3.05) is 5.75 Å². The van der Waals surface area contributed by atoms with Gasteiger partial charge in [-0.05, 0) is 48.7 Å². The van der Waals surface area contributed by atoms with Crippen molar-refractivity contribution in [3.63, 3.8) is 0 Å². The second kappa shape index (κ2) is 10.1. The molecule has 2 N–H and O–H groups in total. The predicted molar refractivity (Wildman–Crippen MR) is 87.2 cm³/mol. The van der Waals surface area contributed by atoms with E-state index in [-0.39, 0.29) is 0 Å². The summed E-state index contributed by atoms with van der Waals surface area (Å²) in [5.74, 6) is 3.99. The van der Waals surface area contributed by atoms with Crippen molar-refractivity contribution in [1.29, 1.82) is 0 Å². The summed E-state index contributed by atoms with van der Waals surface area (Å²) < 4.78 is 0. The highest BCUT2D eigenvalue weighted by molar-refractivity contribution is 7.80. The number of nitrogens with two attached hydrogens (primary N) is 1. The Kier molecular flexibility index (Phi) is 10.3. The summed E-state index contributed by atoms with van der Waals surface area (Å²) in [6, 6.07) is 0.357. The standard InChI is InChI=1S/C16H35NS/c1-6-8-14(11-18)9-15(17)10-16(12(3)4)13(5)7-2/h12-16,18H,6-11,17H2,1-5H3. The lowest BCUT2D eigenvalue weighted by Crippen LogP contribution is -2.31. The molecular weight excluding hydrogens is 238 g/mol. The van der Waals surface area contributed by atoms with Crippen molar-refractivity contribution in [3.8, 4) is 0 Å². The van der Waals surface area contributed by atoms with Gasteiger partial charge in [-0.2, -0.15) is 12.6 Å². The molecule has 0 aromatic rings. The largest absolute Gasteiger partial charge is 0.328 e. The van der Waals surface area contributed by atoms with E-state index in [1.165, 1.54) is 25.7 Å². The van der Waals surface area contributed by atoms with E-state index in [0.29, 0.717) is 12.0 Å². The summed E-state index contributed by atoms with van der Waals surface area (Å²) in [6.07, 6.45) is 6.11. The third-order valence-corrected chi connectivity index (χ3v) is 4.91. The van der Waals surface area contributed by atoms with Crippen molar-refractivity contribution < 1.29 is 0 Å². The second-order valence-electron chi connectivity index (χ2n) is 6.36.